The van der Waals surface area contributed by atoms with Gasteiger partial charge in [-0.1, -0.05) is 0 Å². The Morgan fingerprint density at radius 1 is 1.67 bits per heavy atom. The molecular weight excluding hydrogens is 176 g/mol. The summed E-state index contributed by atoms with van der Waals surface area (Å²) in [5, 5.41) is 2.40. The molecule has 0 atom stereocenters. The van der Waals surface area contributed by atoms with Crippen molar-refractivity contribution in [3.05, 3.63) is 10.9 Å². The Bertz CT molecular complexity index is 345. The molecule has 5 heteroatoms. The molecule has 0 amide bonds. The quantitative estimate of drug-likeness (QED) is 0.492. The van der Waals surface area contributed by atoms with E-state index in [1.807, 2.05) is 20.8 Å². The van der Waals surface area contributed by atoms with E-state index in [2.05, 4.69) is 5.27 Å². The molecule has 0 saturated carbocycles. The summed E-state index contributed by atoms with van der Waals surface area (Å²) >= 11 is 4.70. The van der Waals surface area contributed by atoms with Crippen molar-refractivity contribution in [3.8, 4) is 0 Å². The molecule has 12 heavy (non-hydrogen) atoms. The van der Waals surface area contributed by atoms with Crippen molar-refractivity contribution in [1.29, 1.82) is 0 Å². The van der Waals surface area contributed by atoms with Gasteiger partial charge >= 0.3 is 5.91 Å². The van der Waals surface area contributed by atoms with E-state index in [4.69, 9.17) is 16.7 Å². The number of hydrogen-bond acceptors (Lipinski definition) is 3. The van der Waals surface area contributed by atoms with Gasteiger partial charge in [0.15, 0.2) is 0 Å². The highest BCUT2D eigenvalue weighted by Crippen LogP contribution is 2.11. The summed E-state index contributed by atoms with van der Waals surface area (Å²) in [7, 11) is 0. The molecular formula is C7H11N2O2S+. The first-order chi connectivity index (χ1) is 5.41. The van der Waals surface area contributed by atoms with Crippen LogP contribution in [0.2, 0.25) is 0 Å². The first kappa shape index (κ1) is 9.12. The lowest BCUT2D eigenvalue weighted by molar-refractivity contribution is -0.653. The largest absolute Gasteiger partial charge is 0.422 e. The fourth-order valence-electron chi connectivity index (χ4n) is 0.714. The molecule has 0 aliphatic carbocycles. The van der Waals surface area contributed by atoms with Crippen LogP contribution in [-0.4, -0.2) is 11.2 Å². The first-order valence-corrected chi connectivity index (χ1v) is 3.97. The molecule has 1 N–H and O–H groups in total. The Labute approximate surface area is 75.1 Å². The van der Waals surface area contributed by atoms with Gasteiger partial charge in [0.25, 0.3) is 10.9 Å². The summed E-state index contributed by atoms with van der Waals surface area (Å²) in [5.41, 5.74) is -0.438. The molecule has 1 rings (SSSR count). The second-order valence-corrected chi connectivity index (χ2v) is 3.97. The van der Waals surface area contributed by atoms with Crippen LogP contribution in [0.1, 0.15) is 25.6 Å². The Hall–Kier alpha value is -0.970. The van der Waals surface area contributed by atoms with Crippen LogP contribution in [0.15, 0.2) is 10.7 Å². The van der Waals surface area contributed by atoms with E-state index in [0.29, 0.717) is 0 Å². The smallest absolute Gasteiger partial charge is 0.315 e. The van der Waals surface area contributed by atoms with Gasteiger partial charge in [-0.25, -0.2) is 4.79 Å². The van der Waals surface area contributed by atoms with Gasteiger partial charge in [-0.2, -0.15) is 0 Å². The van der Waals surface area contributed by atoms with E-state index >= 15 is 0 Å². The minimum atomic E-state index is -0.438. The minimum Gasteiger partial charge on any atom is -0.315 e. The van der Waals surface area contributed by atoms with Gasteiger partial charge in [-0.3, -0.25) is 0 Å². The van der Waals surface area contributed by atoms with E-state index in [-0.39, 0.29) is 10.6 Å². The number of rotatable bonds is 0. The Morgan fingerprint density at radius 3 is 2.58 bits per heavy atom. The minimum absolute atomic E-state index is 0.0812. The maximum Gasteiger partial charge on any atom is 0.422 e. The number of H-pyrrole nitrogens is 1. The van der Waals surface area contributed by atoms with Crippen LogP contribution in [0.25, 0.3) is 0 Å². The zero-order valence-corrected chi connectivity index (χ0v) is 8.07. The Balaban J connectivity index is 3.01. The van der Waals surface area contributed by atoms with Gasteiger partial charge in [-0.15, -0.1) is 0 Å². The lowest BCUT2D eigenvalue weighted by Crippen LogP contribution is -2.50. The van der Waals surface area contributed by atoms with E-state index < -0.39 is 5.41 Å². The average molecular weight is 187 g/mol. The second-order valence-electron chi connectivity index (χ2n) is 3.57. The fraction of sp³-hybridized carbons (Fsp3) is 0.571. The molecule has 0 radical (unpaired) electrons. The molecule has 0 aliphatic rings. The summed E-state index contributed by atoms with van der Waals surface area (Å²) in [6.07, 6.45) is 1.45. The number of aromatic amines is 1. The van der Waals surface area contributed by atoms with E-state index in [9.17, 15) is 4.79 Å². The maximum absolute atomic E-state index is 11.5. The van der Waals surface area contributed by atoms with Crippen molar-refractivity contribution in [2.24, 2.45) is 5.41 Å². The summed E-state index contributed by atoms with van der Waals surface area (Å²) in [6, 6.07) is 0. The molecule has 0 aliphatic heterocycles. The highest BCUT2D eigenvalue weighted by molar-refractivity contribution is 7.71. The predicted octanol–water partition coefficient (Wildman–Crippen LogP) is 1.31. The number of hydrogen-bond donors (Lipinski definition) is 1. The molecule has 0 unspecified atom stereocenters. The first-order valence-electron chi connectivity index (χ1n) is 3.56. The SMILES string of the molecule is CC(C)(C)C(=O)[n+]1cc(=S)o[nH]1. The number of nitrogens with zero attached hydrogens (tertiary/aromatic N) is 1. The zero-order valence-electron chi connectivity index (χ0n) is 7.25. The van der Waals surface area contributed by atoms with Gasteiger partial charge < -0.3 is 4.52 Å². The summed E-state index contributed by atoms with van der Waals surface area (Å²) in [4.78, 5) is 11.5. The van der Waals surface area contributed by atoms with Gasteiger partial charge in [0.2, 0.25) is 0 Å². The summed E-state index contributed by atoms with van der Waals surface area (Å²) < 4.78 is 6.24. The molecule has 0 spiro atoms. The predicted molar refractivity (Wildman–Crippen MR) is 44.2 cm³/mol. The zero-order chi connectivity index (χ0) is 9.35. The van der Waals surface area contributed by atoms with Crippen molar-refractivity contribution in [2.45, 2.75) is 20.8 Å². The molecule has 1 heterocycles. The standard InChI is InChI=1S/C7H10N2O2S/c1-7(2,3)6(10)9-4-5(12)11-8-9/h4H,1-3H3/p+1. The van der Waals surface area contributed by atoms with Crippen LogP contribution in [0.3, 0.4) is 0 Å². The lowest BCUT2D eigenvalue weighted by atomic mass is 9.96. The molecule has 0 aromatic carbocycles. The van der Waals surface area contributed by atoms with Crippen LogP contribution in [0, 0.1) is 10.1 Å². The third kappa shape index (κ3) is 1.79. The van der Waals surface area contributed by atoms with Gasteiger partial charge in [0.1, 0.15) is 0 Å². The van der Waals surface area contributed by atoms with Crippen LogP contribution in [-0.2, 0) is 0 Å². The summed E-state index contributed by atoms with van der Waals surface area (Å²) in [5.74, 6) is -0.0812. The highest BCUT2D eigenvalue weighted by Gasteiger charge is 2.32. The Morgan fingerprint density at radius 2 is 2.25 bits per heavy atom. The lowest BCUT2D eigenvalue weighted by Gasteiger charge is -2.07. The average Bonchev–Trinajstić information content (AvgIpc) is 2.32. The normalized spacial score (nSPS) is 11.6. The molecule has 0 bridgehead atoms. The Kier molecular flexibility index (Phi) is 2.14. The number of carbonyl (C=O) groups is 1. The van der Waals surface area contributed by atoms with Crippen molar-refractivity contribution in [1.82, 2.24) is 5.27 Å². The van der Waals surface area contributed by atoms with Crippen LogP contribution in [0.5, 0.6) is 0 Å². The highest BCUT2D eigenvalue weighted by atomic mass is 32.1. The molecule has 66 valence electrons. The monoisotopic (exact) mass is 187 g/mol. The van der Waals surface area contributed by atoms with Crippen LogP contribution in [0.4, 0.5) is 0 Å². The molecule has 1 aromatic heterocycles. The maximum atomic E-state index is 11.5. The van der Waals surface area contributed by atoms with Crippen molar-refractivity contribution < 1.29 is 14.0 Å². The topological polar surface area (TPSA) is 49.9 Å². The molecule has 4 nitrogen and oxygen atoms in total. The molecule has 0 saturated heterocycles. The summed E-state index contributed by atoms with van der Waals surface area (Å²) in [6.45, 7) is 5.48. The van der Waals surface area contributed by atoms with E-state index in [1.165, 1.54) is 10.9 Å². The second kappa shape index (κ2) is 2.82. The van der Waals surface area contributed by atoms with Crippen LogP contribution >= 0.6 is 12.2 Å². The third-order valence-electron chi connectivity index (χ3n) is 1.34. The number of carbonyl (C=O) groups excluding carboxylic acids is 1. The van der Waals surface area contributed by atoms with E-state index in [0.717, 1.165) is 0 Å². The van der Waals surface area contributed by atoms with Crippen molar-refractivity contribution in [2.75, 3.05) is 0 Å². The van der Waals surface area contributed by atoms with Gasteiger partial charge in [0, 0.05) is 0 Å². The number of aromatic nitrogens is 2. The molecule has 0 fully saturated rings. The van der Waals surface area contributed by atoms with Crippen LogP contribution < -0.4 is 4.68 Å². The molecule has 1 aromatic rings. The van der Waals surface area contributed by atoms with Crippen molar-refractivity contribution in [3.63, 3.8) is 0 Å². The van der Waals surface area contributed by atoms with Gasteiger partial charge in [0.05, 0.1) is 5.41 Å². The van der Waals surface area contributed by atoms with E-state index in [1.54, 1.807) is 0 Å². The fourth-order valence-corrected chi connectivity index (χ4v) is 0.856. The van der Waals surface area contributed by atoms with Crippen molar-refractivity contribution >= 4 is 18.1 Å². The third-order valence-corrected chi connectivity index (χ3v) is 1.53. The van der Waals surface area contributed by atoms with Gasteiger partial charge in [-0.05, 0) is 42.9 Å². The number of nitrogens with one attached hydrogen (secondary N) is 1.